The van der Waals surface area contributed by atoms with Crippen LogP contribution in [0.3, 0.4) is 0 Å². The van der Waals surface area contributed by atoms with Crippen molar-refractivity contribution in [1.29, 1.82) is 0 Å². The van der Waals surface area contributed by atoms with Crippen LogP contribution in [0.25, 0.3) is 0 Å². The van der Waals surface area contributed by atoms with Gasteiger partial charge in [0.1, 0.15) is 0 Å². The topological polar surface area (TPSA) is 12.0 Å². The number of rotatable bonds is 7. The Balaban J connectivity index is 2.65. The van der Waals surface area contributed by atoms with Crippen LogP contribution in [0.1, 0.15) is 72.6 Å². The number of nitrogens with one attached hydrogen (secondary N) is 1. The molecular weight excluding hydrogens is 218 g/mol. The minimum absolute atomic E-state index is 0.596. The smallest absolute Gasteiger partial charge is 0.0169 e. The average molecular weight is 251 g/mol. The lowest BCUT2D eigenvalue weighted by molar-refractivity contribution is 0.388. The van der Waals surface area contributed by atoms with Crippen molar-refractivity contribution in [2.75, 3.05) is 6.54 Å². The maximum absolute atomic E-state index is 3.63. The van der Waals surface area contributed by atoms with Gasteiger partial charge in [0, 0.05) is 12.6 Å². The van der Waals surface area contributed by atoms with Gasteiger partial charge in [0.2, 0.25) is 0 Å². The molecule has 1 N–H and O–H groups in total. The van der Waals surface area contributed by atoms with Crippen LogP contribution in [0.5, 0.6) is 0 Å². The summed E-state index contributed by atoms with van der Waals surface area (Å²) in [6.45, 7) is 10.2. The fourth-order valence-electron chi connectivity index (χ4n) is 2.96. The van der Waals surface area contributed by atoms with Crippen molar-refractivity contribution in [3.63, 3.8) is 0 Å². The molecule has 1 heteroatoms. The summed E-state index contributed by atoms with van der Waals surface area (Å²) in [7, 11) is 0. The molecule has 18 heavy (non-hydrogen) atoms. The molecule has 0 atom stereocenters. The van der Waals surface area contributed by atoms with E-state index in [-0.39, 0.29) is 0 Å². The fourth-order valence-corrected chi connectivity index (χ4v) is 2.96. The molecule has 0 heterocycles. The maximum Gasteiger partial charge on any atom is 0.0169 e. The predicted molar refractivity (Wildman–Crippen MR) is 81.9 cm³/mol. The van der Waals surface area contributed by atoms with Gasteiger partial charge in [0.15, 0.2) is 0 Å². The summed E-state index contributed by atoms with van der Waals surface area (Å²) in [5.41, 5.74) is 1.71. The molecule has 1 rings (SSSR count). The van der Waals surface area contributed by atoms with E-state index in [0.29, 0.717) is 6.04 Å². The molecule has 0 aromatic rings. The first-order chi connectivity index (χ1) is 8.67. The van der Waals surface area contributed by atoms with Crippen LogP contribution in [-0.2, 0) is 0 Å². The van der Waals surface area contributed by atoms with Gasteiger partial charge in [-0.25, -0.2) is 0 Å². The van der Waals surface area contributed by atoms with Crippen LogP contribution in [-0.4, -0.2) is 12.6 Å². The molecule has 1 saturated carbocycles. The van der Waals surface area contributed by atoms with Crippen molar-refractivity contribution < 1.29 is 0 Å². The molecule has 0 unspecified atom stereocenters. The zero-order chi connectivity index (χ0) is 13.4. The molecule has 1 aliphatic carbocycles. The van der Waals surface area contributed by atoms with E-state index in [1.165, 1.54) is 44.9 Å². The first-order valence-corrected chi connectivity index (χ1v) is 8.11. The van der Waals surface area contributed by atoms with E-state index in [1.807, 2.05) is 0 Å². The Hall–Kier alpha value is -0.300. The molecular formula is C17H33N. The molecule has 0 radical (unpaired) electrons. The van der Waals surface area contributed by atoms with Crippen molar-refractivity contribution in [3.8, 4) is 0 Å². The first kappa shape index (κ1) is 15.8. The zero-order valence-electron chi connectivity index (χ0n) is 13.0. The molecule has 1 nitrogen and oxygen atoms in total. The predicted octanol–water partition coefficient (Wildman–Crippen LogP) is 4.93. The highest BCUT2D eigenvalue weighted by Gasteiger charge is 2.18. The van der Waals surface area contributed by atoms with E-state index in [4.69, 9.17) is 0 Å². The number of allylic oxidation sites excluding steroid dienone is 1. The Bertz CT molecular complexity index is 232. The Morgan fingerprint density at radius 3 is 2.22 bits per heavy atom. The molecule has 106 valence electrons. The Kier molecular flexibility index (Phi) is 7.65. The van der Waals surface area contributed by atoms with Gasteiger partial charge in [0.05, 0.1) is 0 Å². The molecule has 1 fully saturated rings. The van der Waals surface area contributed by atoms with Crippen molar-refractivity contribution in [2.24, 2.45) is 11.8 Å². The molecule has 0 amide bonds. The monoisotopic (exact) mass is 251 g/mol. The van der Waals surface area contributed by atoms with Gasteiger partial charge < -0.3 is 5.32 Å². The third kappa shape index (κ3) is 5.56. The molecule has 1 aliphatic rings. The van der Waals surface area contributed by atoms with E-state index < -0.39 is 0 Å². The molecule has 0 aromatic carbocycles. The second-order valence-corrected chi connectivity index (χ2v) is 6.19. The van der Waals surface area contributed by atoms with Gasteiger partial charge in [0.25, 0.3) is 0 Å². The van der Waals surface area contributed by atoms with Crippen LogP contribution >= 0.6 is 0 Å². The summed E-state index contributed by atoms with van der Waals surface area (Å²) in [5.74, 6) is 1.65. The average Bonchev–Trinajstić information content (AvgIpc) is 2.40. The van der Waals surface area contributed by atoms with Crippen LogP contribution in [0.2, 0.25) is 0 Å². The molecule has 0 aromatic heterocycles. The number of hydrogen-bond acceptors (Lipinski definition) is 1. The Labute approximate surface area is 114 Å². The SMILES string of the molecule is CCC(C=C(CNC(C)C)C1CCCCC1)CC. The van der Waals surface area contributed by atoms with Crippen molar-refractivity contribution in [1.82, 2.24) is 5.32 Å². The standard InChI is InChI=1S/C17H33N/c1-5-15(6-2)12-17(13-18-14(3)4)16-10-8-7-9-11-16/h12,14-16,18H,5-11,13H2,1-4H3. The highest BCUT2D eigenvalue weighted by atomic mass is 14.9. The van der Waals surface area contributed by atoms with E-state index in [9.17, 15) is 0 Å². The van der Waals surface area contributed by atoms with Crippen molar-refractivity contribution in [3.05, 3.63) is 11.6 Å². The van der Waals surface area contributed by atoms with Crippen LogP contribution in [0.4, 0.5) is 0 Å². The minimum Gasteiger partial charge on any atom is -0.311 e. The zero-order valence-corrected chi connectivity index (χ0v) is 13.0. The highest BCUT2D eigenvalue weighted by Crippen LogP contribution is 2.30. The Morgan fingerprint density at radius 2 is 1.72 bits per heavy atom. The van der Waals surface area contributed by atoms with E-state index in [1.54, 1.807) is 5.57 Å². The summed E-state index contributed by atoms with van der Waals surface area (Å²) >= 11 is 0. The summed E-state index contributed by atoms with van der Waals surface area (Å²) in [4.78, 5) is 0. The van der Waals surface area contributed by atoms with E-state index >= 15 is 0 Å². The lowest BCUT2D eigenvalue weighted by Gasteiger charge is -2.27. The third-order valence-corrected chi connectivity index (χ3v) is 4.34. The third-order valence-electron chi connectivity index (χ3n) is 4.34. The normalized spacial score (nSPS) is 18.9. The largest absolute Gasteiger partial charge is 0.311 e. The van der Waals surface area contributed by atoms with Gasteiger partial charge in [-0.05, 0) is 37.5 Å². The van der Waals surface area contributed by atoms with E-state index in [0.717, 1.165) is 18.4 Å². The molecule has 0 aliphatic heterocycles. The van der Waals surface area contributed by atoms with Crippen LogP contribution < -0.4 is 5.32 Å². The quantitative estimate of drug-likeness (QED) is 0.633. The second kappa shape index (κ2) is 8.74. The van der Waals surface area contributed by atoms with Crippen LogP contribution in [0.15, 0.2) is 11.6 Å². The molecule has 0 spiro atoms. The Morgan fingerprint density at radius 1 is 1.11 bits per heavy atom. The lowest BCUT2D eigenvalue weighted by Crippen LogP contribution is -2.28. The summed E-state index contributed by atoms with van der Waals surface area (Å²) in [5, 5.41) is 3.63. The highest BCUT2D eigenvalue weighted by molar-refractivity contribution is 5.11. The first-order valence-electron chi connectivity index (χ1n) is 8.11. The fraction of sp³-hybridized carbons (Fsp3) is 0.882. The van der Waals surface area contributed by atoms with Crippen LogP contribution in [0, 0.1) is 11.8 Å². The van der Waals surface area contributed by atoms with Crippen molar-refractivity contribution in [2.45, 2.75) is 78.7 Å². The summed E-state index contributed by atoms with van der Waals surface area (Å²) < 4.78 is 0. The van der Waals surface area contributed by atoms with Gasteiger partial charge in [-0.15, -0.1) is 0 Å². The summed E-state index contributed by atoms with van der Waals surface area (Å²) in [6.07, 6.45) is 12.3. The van der Waals surface area contributed by atoms with E-state index in [2.05, 4.69) is 39.1 Å². The molecule has 0 saturated heterocycles. The summed E-state index contributed by atoms with van der Waals surface area (Å²) in [6, 6.07) is 0.596. The van der Waals surface area contributed by atoms with Gasteiger partial charge in [-0.3, -0.25) is 0 Å². The minimum atomic E-state index is 0.596. The van der Waals surface area contributed by atoms with Gasteiger partial charge >= 0.3 is 0 Å². The van der Waals surface area contributed by atoms with Crippen molar-refractivity contribution >= 4 is 0 Å². The number of hydrogen-bond donors (Lipinski definition) is 1. The van der Waals surface area contributed by atoms with Gasteiger partial charge in [-0.2, -0.15) is 0 Å². The maximum atomic E-state index is 3.63. The molecule has 0 bridgehead atoms. The second-order valence-electron chi connectivity index (χ2n) is 6.19. The lowest BCUT2D eigenvalue weighted by atomic mass is 9.82. The van der Waals surface area contributed by atoms with Gasteiger partial charge in [-0.1, -0.05) is 58.6 Å².